The van der Waals surface area contributed by atoms with Gasteiger partial charge in [-0.3, -0.25) is 4.79 Å². The molecule has 0 saturated heterocycles. The van der Waals surface area contributed by atoms with Crippen molar-refractivity contribution in [3.05, 3.63) is 63.7 Å². The van der Waals surface area contributed by atoms with Crippen molar-refractivity contribution >= 4 is 34.2 Å². The topological polar surface area (TPSA) is 32.3 Å². The number of nitrogens with one attached hydrogen (secondary N) is 1. The molecule has 0 fully saturated rings. The normalized spacial score (nSPS) is 11.8. The van der Waals surface area contributed by atoms with Gasteiger partial charge in [0.1, 0.15) is 6.04 Å². The summed E-state index contributed by atoms with van der Waals surface area (Å²) in [7, 11) is 1.83. The lowest BCUT2D eigenvalue weighted by atomic mass is 10.2. The first-order valence-corrected chi connectivity index (χ1v) is 7.95. The molecule has 0 spiro atoms. The highest BCUT2D eigenvalue weighted by Gasteiger charge is 2.17. The van der Waals surface area contributed by atoms with E-state index < -0.39 is 0 Å². The van der Waals surface area contributed by atoms with Crippen molar-refractivity contribution < 1.29 is 4.79 Å². The minimum atomic E-state index is -0.251. The quantitative estimate of drug-likeness (QED) is 0.784. The number of halogens is 1. The third-order valence-electron chi connectivity index (χ3n) is 3.24. The second-order valence-electron chi connectivity index (χ2n) is 5.05. The number of hydrogen-bond acceptors (Lipinski definition) is 2. The van der Waals surface area contributed by atoms with Crippen molar-refractivity contribution in [1.29, 1.82) is 0 Å². The number of amides is 1. The van der Waals surface area contributed by atoms with Gasteiger partial charge in [0.05, 0.1) is 0 Å². The van der Waals surface area contributed by atoms with Gasteiger partial charge in [-0.15, -0.1) is 0 Å². The Morgan fingerprint density at radius 2 is 1.76 bits per heavy atom. The third kappa shape index (κ3) is 4.74. The lowest BCUT2D eigenvalue weighted by molar-refractivity contribution is -0.130. The van der Waals surface area contributed by atoms with Gasteiger partial charge in [0.2, 0.25) is 5.91 Å². The van der Waals surface area contributed by atoms with Gasteiger partial charge in [-0.05, 0) is 59.3 Å². The largest absolute Gasteiger partial charge is 0.374 e. The molecule has 0 aliphatic rings. The van der Waals surface area contributed by atoms with E-state index in [1.807, 2.05) is 68.6 Å². The second kappa shape index (κ2) is 7.45. The Labute approximate surface area is 139 Å². The first-order chi connectivity index (χ1) is 10.1. The Morgan fingerprint density at radius 3 is 2.38 bits per heavy atom. The van der Waals surface area contributed by atoms with E-state index >= 15 is 0 Å². The van der Waals surface area contributed by atoms with E-state index in [0.717, 1.165) is 11.3 Å². The molecular weight excluding hydrogens is 375 g/mol. The lowest BCUT2D eigenvalue weighted by Crippen LogP contribution is -2.38. The Bertz CT molecular complexity index is 583. The van der Waals surface area contributed by atoms with Crippen LogP contribution in [0.3, 0.4) is 0 Å². The zero-order chi connectivity index (χ0) is 15.2. The molecule has 0 saturated carbocycles. The molecule has 3 nitrogen and oxygen atoms in total. The molecule has 0 bridgehead atoms. The number of carbonyl (C=O) groups excluding carboxylic acids is 1. The van der Waals surface area contributed by atoms with Crippen molar-refractivity contribution in [2.45, 2.75) is 19.5 Å². The standard InChI is InChI=1S/C17H19IN2O/c1-13(19-16-10-8-15(18)9-11-16)17(21)20(2)12-14-6-4-3-5-7-14/h3-11,13,19H,12H2,1-2H3/t13-/m1/s1. The highest BCUT2D eigenvalue weighted by molar-refractivity contribution is 14.1. The number of rotatable bonds is 5. The van der Waals surface area contributed by atoms with Crippen LogP contribution in [0.25, 0.3) is 0 Å². The van der Waals surface area contributed by atoms with Crippen LogP contribution in [0.5, 0.6) is 0 Å². The van der Waals surface area contributed by atoms with Crippen LogP contribution in [0.2, 0.25) is 0 Å². The summed E-state index contributed by atoms with van der Waals surface area (Å²) in [6.45, 7) is 2.51. The highest BCUT2D eigenvalue weighted by Crippen LogP contribution is 2.13. The van der Waals surface area contributed by atoms with Gasteiger partial charge < -0.3 is 10.2 Å². The van der Waals surface area contributed by atoms with Crippen LogP contribution in [0.4, 0.5) is 5.69 Å². The van der Waals surface area contributed by atoms with Crippen LogP contribution in [-0.2, 0) is 11.3 Å². The van der Waals surface area contributed by atoms with E-state index in [9.17, 15) is 4.79 Å². The fourth-order valence-electron chi connectivity index (χ4n) is 2.12. The molecule has 1 N–H and O–H groups in total. The summed E-state index contributed by atoms with van der Waals surface area (Å²) in [5, 5.41) is 3.24. The smallest absolute Gasteiger partial charge is 0.244 e. The molecule has 2 rings (SSSR count). The second-order valence-corrected chi connectivity index (χ2v) is 6.30. The van der Waals surface area contributed by atoms with E-state index in [1.165, 1.54) is 3.57 Å². The number of carbonyl (C=O) groups is 1. The maximum atomic E-state index is 12.4. The predicted octanol–water partition coefficient (Wildman–Crippen LogP) is 3.75. The van der Waals surface area contributed by atoms with Crippen molar-refractivity contribution in [3.63, 3.8) is 0 Å². The monoisotopic (exact) mass is 394 g/mol. The molecule has 0 aliphatic heterocycles. The summed E-state index contributed by atoms with van der Waals surface area (Å²) in [4.78, 5) is 14.1. The lowest BCUT2D eigenvalue weighted by Gasteiger charge is -2.23. The van der Waals surface area contributed by atoms with Gasteiger partial charge in [0, 0.05) is 22.8 Å². The van der Waals surface area contributed by atoms with Crippen LogP contribution in [-0.4, -0.2) is 23.9 Å². The fraction of sp³-hybridized carbons (Fsp3) is 0.235. The van der Waals surface area contributed by atoms with E-state index in [2.05, 4.69) is 27.9 Å². The van der Waals surface area contributed by atoms with E-state index in [4.69, 9.17) is 0 Å². The van der Waals surface area contributed by atoms with E-state index in [1.54, 1.807) is 4.90 Å². The summed E-state index contributed by atoms with van der Waals surface area (Å²) < 4.78 is 1.18. The number of nitrogens with zero attached hydrogens (tertiary/aromatic N) is 1. The molecule has 0 aromatic heterocycles. The molecule has 2 aromatic carbocycles. The van der Waals surface area contributed by atoms with Crippen molar-refractivity contribution in [3.8, 4) is 0 Å². The number of anilines is 1. The van der Waals surface area contributed by atoms with Crippen LogP contribution in [0, 0.1) is 3.57 Å². The summed E-state index contributed by atoms with van der Waals surface area (Å²) >= 11 is 2.26. The molecule has 0 unspecified atom stereocenters. The molecule has 0 heterocycles. The summed E-state index contributed by atoms with van der Waals surface area (Å²) in [5.74, 6) is 0.0809. The van der Waals surface area contributed by atoms with Crippen molar-refractivity contribution in [2.75, 3.05) is 12.4 Å². The van der Waals surface area contributed by atoms with Gasteiger partial charge in [-0.25, -0.2) is 0 Å². The minimum absolute atomic E-state index is 0.0809. The Morgan fingerprint density at radius 1 is 1.14 bits per heavy atom. The van der Waals surface area contributed by atoms with Gasteiger partial charge in [-0.2, -0.15) is 0 Å². The van der Waals surface area contributed by atoms with Crippen molar-refractivity contribution in [1.82, 2.24) is 4.90 Å². The zero-order valence-corrected chi connectivity index (χ0v) is 14.4. The zero-order valence-electron chi connectivity index (χ0n) is 12.2. The summed E-state index contributed by atoms with van der Waals surface area (Å²) in [6.07, 6.45) is 0. The van der Waals surface area contributed by atoms with E-state index in [0.29, 0.717) is 6.54 Å². The van der Waals surface area contributed by atoms with Gasteiger partial charge in [0.15, 0.2) is 0 Å². The molecule has 0 radical (unpaired) electrons. The fourth-order valence-corrected chi connectivity index (χ4v) is 2.48. The van der Waals surface area contributed by atoms with Crippen LogP contribution >= 0.6 is 22.6 Å². The number of benzene rings is 2. The maximum Gasteiger partial charge on any atom is 0.244 e. The molecule has 1 amide bonds. The molecule has 110 valence electrons. The van der Waals surface area contributed by atoms with Gasteiger partial charge in [0.25, 0.3) is 0 Å². The van der Waals surface area contributed by atoms with Crippen LogP contribution < -0.4 is 5.32 Å². The Balaban J connectivity index is 1.93. The van der Waals surface area contributed by atoms with Gasteiger partial charge in [-0.1, -0.05) is 30.3 Å². The number of likely N-dealkylation sites (N-methyl/N-ethyl adjacent to an activating group) is 1. The Kier molecular flexibility index (Phi) is 5.61. The molecule has 0 aliphatic carbocycles. The average molecular weight is 394 g/mol. The predicted molar refractivity (Wildman–Crippen MR) is 95.2 cm³/mol. The summed E-state index contributed by atoms with van der Waals surface area (Å²) in [6, 6.07) is 17.8. The molecule has 2 aromatic rings. The first kappa shape index (κ1) is 15.8. The van der Waals surface area contributed by atoms with Crippen LogP contribution in [0.15, 0.2) is 54.6 Å². The molecule has 21 heavy (non-hydrogen) atoms. The third-order valence-corrected chi connectivity index (χ3v) is 3.96. The van der Waals surface area contributed by atoms with Crippen LogP contribution in [0.1, 0.15) is 12.5 Å². The average Bonchev–Trinajstić information content (AvgIpc) is 2.49. The van der Waals surface area contributed by atoms with E-state index in [-0.39, 0.29) is 11.9 Å². The molecular formula is C17H19IN2O. The summed E-state index contributed by atoms with van der Waals surface area (Å²) in [5.41, 5.74) is 2.10. The maximum absolute atomic E-state index is 12.4. The minimum Gasteiger partial charge on any atom is -0.374 e. The first-order valence-electron chi connectivity index (χ1n) is 6.87. The molecule has 1 atom stereocenters. The number of hydrogen-bond donors (Lipinski definition) is 1. The van der Waals surface area contributed by atoms with Crippen molar-refractivity contribution in [2.24, 2.45) is 0 Å². The SMILES string of the molecule is C[C@@H](Nc1ccc(I)cc1)C(=O)N(C)Cc1ccccc1. The Hall–Kier alpha value is -1.56. The highest BCUT2D eigenvalue weighted by atomic mass is 127. The van der Waals surface area contributed by atoms with Gasteiger partial charge >= 0.3 is 0 Å². The molecule has 4 heteroatoms.